The second-order valence-corrected chi connectivity index (χ2v) is 4.70. The molecular formula is C10H19N3. The Bertz CT molecular complexity index is 281. The number of nitrogens with zero attached hydrogens (tertiary/aromatic N) is 3. The molecule has 0 aliphatic carbocycles. The van der Waals surface area contributed by atoms with Crippen molar-refractivity contribution in [3.05, 3.63) is 11.4 Å². The number of rotatable bonds is 2. The zero-order valence-electron chi connectivity index (χ0n) is 9.26. The van der Waals surface area contributed by atoms with Gasteiger partial charge in [-0.25, -0.2) is 0 Å². The zero-order valence-corrected chi connectivity index (χ0v) is 9.26. The molecule has 3 heteroatoms. The number of aromatic nitrogens is 3. The quantitative estimate of drug-likeness (QED) is 0.698. The minimum Gasteiger partial charge on any atom is -0.252 e. The van der Waals surface area contributed by atoms with Gasteiger partial charge in [0.2, 0.25) is 0 Å². The molecule has 0 aliphatic rings. The standard InChI is InChI=1S/C10H19N3/c1-6-9-8(7-10(2,3)4)11-12-13(9)5/h6-7H2,1-5H3. The highest BCUT2D eigenvalue weighted by Crippen LogP contribution is 2.21. The maximum atomic E-state index is 4.18. The van der Waals surface area contributed by atoms with Gasteiger partial charge in [0.1, 0.15) is 0 Å². The van der Waals surface area contributed by atoms with Crippen LogP contribution in [0, 0.1) is 5.41 Å². The van der Waals surface area contributed by atoms with Crippen molar-refractivity contribution in [3.63, 3.8) is 0 Å². The van der Waals surface area contributed by atoms with Gasteiger partial charge in [-0.15, -0.1) is 5.10 Å². The molecule has 1 heterocycles. The van der Waals surface area contributed by atoms with Gasteiger partial charge in [-0.1, -0.05) is 32.9 Å². The van der Waals surface area contributed by atoms with E-state index in [4.69, 9.17) is 0 Å². The van der Waals surface area contributed by atoms with E-state index in [9.17, 15) is 0 Å². The van der Waals surface area contributed by atoms with Crippen LogP contribution in [-0.4, -0.2) is 15.0 Å². The fraction of sp³-hybridized carbons (Fsp3) is 0.800. The third-order valence-electron chi connectivity index (χ3n) is 2.06. The second-order valence-electron chi connectivity index (χ2n) is 4.70. The first-order valence-corrected chi connectivity index (χ1v) is 4.81. The summed E-state index contributed by atoms with van der Waals surface area (Å²) < 4.78 is 1.88. The summed E-state index contributed by atoms with van der Waals surface area (Å²) in [6, 6.07) is 0. The van der Waals surface area contributed by atoms with Crippen LogP contribution >= 0.6 is 0 Å². The van der Waals surface area contributed by atoms with Crippen molar-refractivity contribution >= 4 is 0 Å². The smallest absolute Gasteiger partial charge is 0.0864 e. The summed E-state index contributed by atoms with van der Waals surface area (Å²) in [4.78, 5) is 0. The van der Waals surface area contributed by atoms with Crippen molar-refractivity contribution in [2.75, 3.05) is 0 Å². The number of aryl methyl sites for hydroxylation is 1. The maximum absolute atomic E-state index is 4.18. The Labute approximate surface area is 80.1 Å². The molecule has 0 atom stereocenters. The van der Waals surface area contributed by atoms with E-state index in [0.29, 0.717) is 5.41 Å². The van der Waals surface area contributed by atoms with E-state index in [0.717, 1.165) is 18.5 Å². The van der Waals surface area contributed by atoms with Gasteiger partial charge < -0.3 is 0 Å². The molecule has 13 heavy (non-hydrogen) atoms. The molecule has 0 radical (unpaired) electrons. The molecule has 0 bridgehead atoms. The van der Waals surface area contributed by atoms with Crippen molar-refractivity contribution in [2.24, 2.45) is 12.5 Å². The van der Waals surface area contributed by atoms with E-state index < -0.39 is 0 Å². The number of hydrogen-bond acceptors (Lipinski definition) is 2. The minimum atomic E-state index is 0.292. The second kappa shape index (κ2) is 3.48. The van der Waals surface area contributed by atoms with E-state index in [1.54, 1.807) is 0 Å². The Morgan fingerprint density at radius 2 is 1.92 bits per heavy atom. The fourth-order valence-electron chi connectivity index (χ4n) is 1.49. The van der Waals surface area contributed by atoms with Gasteiger partial charge in [-0.2, -0.15) is 0 Å². The van der Waals surface area contributed by atoms with Crippen LogP contribution in [0.1, 0.15) is 39.1 Å². The van der Waals surface area contributed by atoms with Crippen LogP contribution in [0.25, 0.3) is 0 Å². The van der Waals surface area contributed by atoms with E-state index >= 15 is 0 Å². The summed E-state index contributed by atoms with van der Waals surface area (Å²) in [5, 5.41) is 8.22. The molecule has 3 nitrogen and oxygen atoms in total. The van der Waals surface area contributed by atoms with Gasteiger partial charge in [0.05, 0.1) is 11.4 Å². The average Bonchev–Trinajstić information content (AvgIpc) is 2.28. The van der Waals surface area contributed by atoms with Crippen LogP contribution in [0.4, 0.5) is 0 Å². The van der Waals surface area contributed by atoms with Crippen LogP contribution in [-0.2, 0) is 19.9 Å². The van der Waals surface area contributed by atoms with Gasteiger partial charge in [0.15, 0.2) is 0 Å². The Morgan fingerprint density at radius 1 is 1.31 bits per heavy atom. The van der Waals surface area contributed by atoms with Crippen molar-refractivity contribution in [1.82, 2.24) is 15.0 Å². The predicted octanol–water partition coefficient (Wildman–Crippen LogP) is 1.97. The van der Waals surface area contributed by atoms with E-state index in [1.165, 1.54) is 5.69 Å². The van der Waals surface area contributed by atoms with E-state index in [2.05, 4.69) is 38.0 Å². The summed E-state index contributed by atoms with van der Waals surface area (Å²) >= 11 is 0. The summed E-state index contributed by atoms with van der Waals surface area (Å²) in [6.07, 6.45) is 2.01. The molecule has 0 saturated carbocycles. The Morgan fingerprint density at radius 3 is 2.38 bits per heavy atom. The molecule has 0 N–H and O–H groups in total. The van der Waals surface area contributed by atoms with Crippen molar-refractivity contribution < 1.29 is 0 Å². The SMILES string of the molecule is CCc1c(CC(C)(C)C)nnn1C. The third-order valence-corrected chi connectivity index (χ3v) is 2.06. The first kappa shape index (κ1) is 10.2. The van der Waals surface area contributed by atoms with Crippen LogP contribution in [0.3, 0.4) is 0 Å². The number of hydrogen-bond donors (Lipinski definition) is 0. The monoisotopic (exact) mass is 181 g/mol. The van der Waals surface area contributed by atoms with Crippen LogP contribution in [0.15, 0.2) is 0 Å². The summed E-state index contributed by atoms with van der Waals surface area (Å²) in [5.74, 6) is 0. The van der Waals surface area contributed by atoms with Gasteiger partial charge >= 0.3 is 0 Å². The zero-order chi connectivity index (χ0) is 10.1. The average molecular weight is 181 g/mol. The van der Waals surface area contributed by atoms with Crippen molar-refractivity contribution in [1.29, 1.82) is 0 Å². The van der Waals surface area contributed by atoms with Crippen LogP contribution in [0.2, 0.25) is 0 Å². The molecule has 74 valence electrons. The Hall–Kier alpha value is -0.860. The molecule has 1 aromatic rings. The van der Waals surface area contributed by atoms with Gasteiger partial charge in [-0.3, -0.25) is 4.68 Å². The maximum Gasteiger partial charge on any atom is 0.0864 e. The molecule has 0 spiro atoms. The van der Waals surface area contributed by atoms with Gasteiger partial charge in [0, 0.05) is 7.05 Å². The lowest BCUT2D eigenvalue weighted by Crippen LogP contribution is -2.11. The highest BCUT2D eigenvalue weighted by molar-refractivity contribution is 5.11. The molecule has 0 unspecified atom stereocenters. The third kappa shape index (κ3) is 2.54. The lowest BCUT2D eigenvalue weighted by atomic mass is 9.90. The lowest BCUT2D eigenvalue weighted by molar-refractivity contribution is 0.404. The Balaban J connectivity index is 2.89. The van der Waals surface area contributed by atoms with E-state index in [-0.39, 0.29) is 0 Å². The summed E-state index contributed by atoms with van der Waals surface area (Å²) in [7, 11) is 1.96. The molecule has 0 fully saturated rings. The minimum absolute atomic E-state index is 0.292. The van der Waals surface area contributed by atoms with Gasteiger partial charge in [0.25, 0.3) is 0 Å². The van der Waals surface area contributed by atoms with Crippen LogP contribution < -0.4 is 0 Å². The predicted molar refractivity (Wildman–Crippen MR) is 53.5 cm³/mol. The topological polar surface area (TPSA) is 30.7 Å². The largest absolute Gasteiger partial charge is 0.252 e. The lowest BCUT2D eigenvalue weighted by Gasteiger charge is -2.16. The highest BCUT2D eigenvalue weighted by Gasteiger charge is 2.17. The molecule has 0 saturated heterocycles. The molecule has 0 aliphatic heterocycles. The van der Waals surface area contributed by atoms with Gasteiger partial charge in [-0.05, 0) is 18.3 Å². The fourth-order valence-corrected chi connectivity index (χ4v) is 1.49. The van der Waals surface area contributed by atoms with Crippen LogP contribution in [0.5, 0.6) is 0 Å². The summed E-state index contributed by atoms with van der Waals surface area (Å²) in [5.41, 5.74) is 2.70. The summed E-state index contributed by atoms with van der Waals surface area (Å²) in [6.45, 7) is 8.81. The molecule has 0 aromatic carbocycles. The molecule has 1 aromatic heterocycles. The normalized spacial score (nSPS) is 12.1. The molecular weight excluding hydrogens is 162 g/mol. The van der Waals surface area contributed by atoms with Crippen molar-refractivity contribution in [3.8, 4) is 0 Å². The highest BCUT2D eigenvalue weighted by atomic mass is 15.4. The first-order valence-electron chi connectivity index (χ1n) is 4.81. The molecule has 0 amide bonds. The molecule has 1 rings (SSSR count). The Kier molecular flexibility index (Phi) is 2.74. The first-order chi connectivity index (χ1) is 5.94. The van der Waals surface area contributed by atoms with Crippen molar-refractivity contribution in [2.45, 2.75) is 40.5 Å². The van der Waals surface area contributed by atoms with E-state index in [1.807, 2.05) is 11.7 Å².